The maximum atomic E-state index is 11.6. The van der Waals surface area contributed by atoms with Crippen molar-refractivity contribution < 1.29 is 9.53 Å². The van der Waals surface area contributed by atoms with E-state index in [2.05, 4.69) is 10.6 Å². The molecule has 1 aliphatic heterocycles. The van der Waals surface area contributed by atoms with E-state index in [1.165, 1.54) is 24.3 Å². The van der Waals surface area contributed by atoms with Crippen LogP contribution in [0, 0.1) is 0 Å². The zero-order chi connectivity index (χ0) is 13.2. The molecule has 2 atom stereocenters. The number of alkyl carbamates (subject to hydrolysis) is 1. The smallest absolute Gasteiger partial charge is 0.407 e. The number of carbonyl (C=O) groups is 1. The van der Waals surface area contributed by atoms with Crippen LogP contribution in [0.1, 0.15) is 40.0 Å². The third-order valence-electron chi connectivity index (χ3n) is 3.16. The van der Waals surface area contributed by atoms with E-state index in [9.17, 15) is 4.79 Å². The SMILES string of the molecule is CC(C)(C)OC(=O)NC1CC1NC1CCSCC1. The molecule has 18 heavy (non-hydrogen) atoms. The van der Waals surface area contributed by atoms with Gasteiger partial charge in [-0.25, -0.2) is 4.79 Å². The molecule has 1 saturated carbocycles. The highest BCUT2D eigenvalue weighted by atomic mass is 32.2. The summed E-state index contributed by atoms with van der Waals surface area (Å²) in [7, 11) is 0. The molecule has 0 radical (unpaired) electrons. The molecular formula is C13H24N2O2S. The predicted molar refractivity (Wildman–Crippen MR) is 75.0 cm³/mol. The van der Waals surface area contributed by atoms with E-state index >= 15 is 0 Å². The molecule has 1 aliphatic carbocycles. The first-order valence-corrected chi connectivity index (χ1v) is 7.93. The summed E-state index contributed by atoms with van der Waals surface area (Å²) in [5.41, 5.74) is -0.414. The fraction of sp³-hybridized carbons (Fsp3) is 0.923. The van der Waals surface area contributed by atoms with Crippen molar-refractivity contribution in [3.8, 4) is 0 Å². The zero-order valence-electron chi connectivity index (χ0n) is 11.5. The van der Waals surface area contributed by atoms with Gasteiger partial charge in [0, 0.05) is 18.1 Å². The highest BCUT2D eigenvalue weighted by Crippen LogP contribution is 2.25. The van der Waals surface area contributed by atoms with Gasteiger partial charge in [0.2, 0.25) is 0 Å². The van der Waals surface area contributed by atoms with E-state index in [1.807, 2.05) is 32.5 Å². The topological polar surface area (TPSA) is 50.4 Å². The molecule has 0 aromatic heterocycles. The Balaban J connectivity index is 1.63. The predicted octanol–water partition coefficient (Wildman–Crippen LogP) is 2.14. The van der Waals surface area contributed by atoms with E-state index in [0.717, 1.165) is 6.42 Å². The van der Waals surface area contributed by atoms with Crippen LogP contribution >= 0.6 is 11.8 Å². The fourth-order valence-corrected chi connectivity index (χ4v) is 3.27. The van der Waals surface area contributed by atoms with Gasteiger partial charge in [0.25, 0.3) is 0 Å². The second-order valence-corrected chi connectivity index (χ2v) is 7.37. The number of amides is 1. The van der Waals surface area contributed by atoms with Crippen LogP contribution in [0.15, 0.2) is 0 Å². The van der Waals surface area contributed by atoms with Crippen molar-refractivity contribution in [1.29, 1.82) is 0 Å². The van der Waals surface area contributed by atoms with Gasteiger partial charge >= 0.3 is 6.09 Å². The maximum Gasteiger partial charge on any atom is 0.407 e. The Labute approximate surface area is 114 Å². The molecule has 5 heteroatoms. The van der Waals surface area contributed by atoms with Crippen LogP contribution in [0.5, 0.6) is 0 Å². The first-order chi connectivity index (χ1) is 8.44. The van der Waals surface area contributed by atoms with E-state index in [1.54, 1.807) is 0 Å². The molecule has 0 aromatic carbocycles. The number of thioether (sulfide) groups is 1. The molecule has 2 fully saturated rings. The number of hydrogen-bond acceptors (Lipinski definition) is 4. The monoisotopic (exact) mass is 272 g/mol. The average Bonchev–Trinajstić information content (AvgIpc) is 2.94. The summed E-state index contributed by atoms with van der Waals surface area (Å²) in [6, 6.07) is 1.35. The first kappa shape index (κ1) is 14.0. The quantitative estimate of drug-likeness (QED) is 0.826. The van der Waals surface area contributed by atoms with Crippen molar-refractivity contribution in [3.63, 3.8) is 0 Å². The van der Waals surface area contributed by atoms with Crippen LogP contribution in [0.2, 0.25) is 0 Å². The molecule has 1 heterocycles. The summed E-state index contributed by atoms with van der Waals surface area (Å²) in [6.07, 6.45) is 3.24. The molecular weight excluding hydrogens is 248 g/mol. The molecule has 4 nitrogen and oxygen atoms in total. The Morgan fingerprint density at radius 1 is 1.22 bits per heavy atom. The number of rotatable bonds is 3. The minimum Gasteiger partial charge on any atom is -0.444 e. The average molecular weight is 272 g/mol. The Morgan fingerprint density at radius 3 is 2.50 bits per heavy atom. The van der Waals surface area contributed by atoms with Crippen LogP contribution in [0.4, 0.5) is 4.79 Å². The summed E-state index contributed by atoms with van der Waals surface area (Å²) >= 11 is 2.03. The second-order valence-electron chi connectivity index (χ2n) is 6.15. The van der Waals surface area contributed by atoms with Crippen molar-refractivity contribution in [2.45, 2.75) is 63.8 Å². The molecule has 0 aromatic rings. The normalized spacial score (nSPS) is 28.8. The summed E-state index contributed by atoms with van der Waals surface area (Å²) in [5.74, 6) is 2.52. The second kappa shape index (κ2) is 5.70. The maximum absolute atomic E-state index is 11.6. The molecule has 0 spiro atoms. The Kier molecular flexibility index (Phi) is 4.43. The molecule has 2 N–H and O–H groups in total. The van der Waals surface area contributed by atoms with Gasteiger partial charge in [0.1, 0.15) is 5.60 Å². The lowest BCUT2D eigenvalue weighted by Gasteiger charge is -2.23. The van der Waals surface area contributed by atoms with Crippen molar-refractivity contribution in [2.75, 3.05) is 11.5 Å². The molecule has 2 aliphatic rings. The van der Waals surface area contributed by atoms with Gasteiger partial charge in [-0.1, -0.05) is 0 Å². The molecule has 104 valence electrons. The minimum absolute atomic E-state index is 0.259. The summed E-state index contributed by atoms with van der Waals surface area (Å²) in [6.45, 7) is 5.65. The van der Waals surface area contributed by atoms with Gasteiger partial charge in [-0.3, -0.25) is 0 Å². The van der Waals surface area contributed by atoms with Crippen LogP contribution in [0.25, 0.3) is 0 Å². The van der Waals surface area contributed by atoms with Gasteiger partial charge in [-0.05, 0) is 51.5 Å². The lowest BCUT2D eigenvalue weighted by atomic mass is 10.1. The van der Waals surface area contributed by atoms with E-state index < -0.39 is 5.60 Å². The zero-order valence-corrected chi connectivity index (χ0v) is 12.3. The van der Waals surface area contributed by atoms with Crippen LogP contribution in [-0.2, 0) is 4.74 Å². The van der Waals surface area contributed by atoms with Crippen LogP contribution in [0.3, 0.4) is 0 Å². The van der Waals surface area contributed by atoms with Crippen molar-refractivity contribution in [1.82, 2.24) is 10.6 Å². The highest BCUT2D eigenvalue weighted by molar-refractivity contribution is 7.99. The van der Waals surface area contributed by atoms with E-state index in [0.29, 0.717) is 12.1 Å². The lowest BCUT2D eigenvalue weighted by molar-refractivity contribution is 0.0522. The van der Waals surface area contributed by atoms with E-state index in [-0.39, 0.29) is 12.1 Å². The van der Waals surface area contributed by atoms with Crippen LogP contribution in [-0.4, -0.2) is 41.3 Å². The molecule has 1 amide bonds. The van der Waals surface area contributed by atoms with Crippen molar-refractivity contribution in [2.24, 2.45) is 0 Å². The summed E-state index contributed by atoms with van der Waals surface area (Å²) < 4.78 is 5.25. The fourth-order valence-electron chi connectivity index (χ4n) is 2.16. The van der Waals surface area contributed by atoms with Gasteiger partial charge in [0.15, 0.2) is 0 Å². The Morgan fingerprint density at radius 2 is 1.89 bits per heavy atom. The molecule has 2 rings (SSSR count). The molecule has 2 unspecified atom stereocenters. The summed E-state index contributed by atoms with van der Waals surface area (Å²) in [5, 5.41) is 6.55. The van der Waals surface area contributed by atoms with E-state index in [4.69, 9.17) is 4.74 Å². The third-order valence-corrected chi connectivity index (χ3v) is 4.21. The first-order valence-electron chi connectivity index (χ1n) is 6.77. The van der Waals surface area contributed by atoms with Gasteiger partial charge in [0.05, 0.1) is 0 Å². The number of ether oxygens (including phenoxy) is 1. The Bertz CT molecular complexity index is 298. The standard InChI is InChI=1S/C13H24N2O2S/c1-13(2,3)17-12(16)15-11-8-10(11)14-9-4-6-18-7-5-9/h9-11,14H,4-8H2,1-3H3,(H,15,16). The van der Waals surface area contributed by atoms with Gasteiger partial charge in [-0.15, -0.1) is 0 Å². The summed E-state index contributed by atoms with van der Waals surface area (Å²) in [4.78, 5) is 11.6. The highest BCUT2D eigenvalue weighted by Gasteiger charge is 2.40. The molecule has 0 bridgehead atoms. The van der Waals surface area contributed by atoms with Crippen LogP contribution < -0.4 is 10.6 Å². The van der Waals surface area contributed by atoms with Gasteiger partial charge < -0.3 is 15.4 Å². The number of carbonyl (C=O) groups excluding carboxylic acids is 1. The number of hydrogen-bond donors (Lipinski definition) is 2. The van der Waals surface area contributed by atoms with Crippen molar-refractivity contribution in [3.05, 3.63) is 0 Å². The lowest BCUT2D eigenvalue weighted by Crippen LogP contribution is -2.40. The third kappa shape index (κ3) is 4.69. The largest absolute Gasteiger partial charge is 0.444 e. The minimum atomic E-state index is -0.414. The number of nitrogens with one attached hydrogen (secondary N) is 2. The molecule has 1 saturated heterocycles. The van der Waals surface area contributed by atoms with Gasteiger partial charge in [-0.2, -0.15) is 11.8 Å². The van der Waals surface area contributed by atoms with Crippen molar-refractivity contribution >= 4 is 17.9 Å². The Hall–Kier alpha value is -0.420.